The second-order valence-corrected chi connectivity index (χ2v) is 5.85. The molecule has 0 bridgehead atoms. The highest BCUT2D eigenvalue weighted by Gasteiger charge is 2.06. The second-order valence-electron chi connectivity index (χ2n) is 2.80. The Kier molecular flexibility index (Phi) is 3.23. The molecule has 14 heavy (non-hydrogen) atoms. The van der Waals surface area contributed by atoms with Crippen molar-refractivity contribution in [1.82, 2.24) is 0 Å². The number of methoxy groups -OCH3 is 1. The summed E-state index contributed by atoms with van der Waals surface area (Å²) in [5.74, 6) is 0. The highest BCUT2D eigenvalue weighted by Crippen LogP contribution is 2.36. The Morgan fingerprint density at radius 3 is 2.79 bits per heavy atom. The van der Waals surface area contributed by atoms with Crippen molar-refractivity contribution >= 4 is 55.8 Å². The minimum atomic E-state index is 0.983. The topological polar surface area (TPSA) is 9.23 Å². The molecule has 1 nitrogen and oxygen atoms in total. The van der Waals surface area contributed by atoms with Crippen LogP contribution < -0.4 is 4.74 Å². The van der Waals surface area contributed by atoms with Gasteiger partial charge in [-0.2, -0.15) is 0 Å². The summed E-state index contributed by atoms with van der Waals surface area (Å²) in [6, 6.07) is 6.52. The largest absolute Gasteiger partial charge is 0.487 e. The van der Waals surface area contributed by atoms with Crippen molar-refractivity contribution in [3.8, 4) is 5.06 Å². The number of fused-ring (bicyclic) bond motifs is 1. The average Bonchev–Trinajstić information content (AvgIpc) is 2.61. The van der Waals surface area contributed by atoms with Gasteiger partial charge in [-0.3, -0.25) is 0 Å². The summed E-state index contributed by atoms with van der Waals surface area (Å²) >= 11 is 5.86. The minimum absolute atomic E-state index is 0.983. The fourth-order valence-corrected chi connectivity index (χ4v) is 3.81. The summed E-state index contributed by atoms with van der Waals surface area (Å²) in [5, 5.41) is 2.26. The Morgan fingerprint density at radius 1 is 1.36 bits per heavy atom. The van der Waals surface area contributed by atoms with Crippen molar-refractivity contribution in [3.63, 3.8) is 0 Å². The van der Waals surface area contributed by atoms with Crippen LogP contribution in [0.15, 0.2) is 23.1 Å². The van der Waals surface area contributed by atoms with Crippen LogP contribution in [0.5, 0.6) is 5.06 Å². The molecule has 74 valence electrons. The highest BCUT2D eigenvalue weighted by molar-refractivity contribution is 14.1. The first kappa shape index (κ1) is 10.6. The minimum Gasteiger partial charge on any atom is -0.487 e. The summed E-state index contributed by atoms with van der Waals surface area (Å²) in [6.45, 7) is 0. The number of halogens is 1. The third kappa shape index (κ3) is 1.87. The molecule has 0 fully saturated rings. The van der Waals surface area contributed by atoms with Gasteiger partial charge in [-0.05, 0) is 52.4 Å². The van der Waals surface area contributed by atoms with Gasteiger partial charge in [0, 0.05) is 8.47 Å². The quantitative estimate of drug-likeness (QED) is 0.599. The summed E-state index contributed by atoms with van der Waals surface area (Å²) in [7, 11) is 1.72. The molecule has 4 heteroatoms. The number of benzene rings is 1. The van der Waals surface area contributed by atoms with E-state index in [9.17, 15) is 0 Å². The molecule has 0 spiro atoms. The molecular formula is C10H9IOS2. The Labute approximate surface area is 105 Å². The molecule has 2 rings (SSSR count). The highest BCUT2D eigenvalue weighted by atomic mass is 127. The summed E-state index contributed by atoms with van der Waals surface area (Å²) in [5.41, 5.74) is 0. The lowest BCUT2D eigenvalue weighted by molar-refractivity contribution is 0.427. The van der Waals surface area contributed by atoms with E-state index >= 15 is 0 Å². The first-order chi connectivity index (χ1) is 6.74. The van der Waals surface area contributed by atoms with E-state index < -0.39 is 0 Å². The van der Waals surface area contributed by atoms with E-state index in [1.807, 2.05) is 0 Å². The van der Waals surface area contributed by atoms with Gasteiger partial charge in [-0.1, -0.05) is 11.3 Å². The summed E-state index contributed by atoms with van der Waals surface area (Å²) in [4.78, 5) is 1.31. The zero-order valence-corrected chi connectivity index (χ0v) is 11.6. The van der Waals surface area contributed by atoms with Crippen LogP contribution in [0.3, 0.4) is 0 Å². The molecule has 0 saturated carbocycles. The van der Waals surface area contributed by atoms with E-state index in [0.717, 1.165) is 5.06 Å². The molecule has 1 heterocycles. The Bertz CT molecular complexity index is 464. The zero-order valence-electron chi connectivity index (χ0n) is 7.83. The van der Waals surface area contributed by atoms with Crippen LogP contribution in [0.25, 0.3) is 10.1 Å². The van der Waals surface area contributed by atoms with Crippen LogP contribution in [-0.2, 0) is 0 Å². The lowest BCUT2D eigenvalue weighted by Gasteiger charge is -1.98. The third-order valence-corrected chi connectivity index (χ3v) is 5.03. The number of thiophene rings is 1. The van der Waals surface area contributed by atoms with Gasteiger partial charge in [-0.15, -0.1) is 11.8 Å². The van der Waals surface area contributed by atoms with Gasteiger partial charge >= 0.3 is 0 Å². The maximum atomic E-state index is 5.24. The number of hydrogen-bond acceptors (Lipinski definition) is 3. The molecule has 1 aromatic heterocycles. The fraction of sp³-hybridized carbons (Fsp3) is 0.200. The molecular weight excluding hydrogens is 327 g/mol. The fourth-order valence-electron chi connectivity index (χ4n) is 1.28. The van der Waals surface area contributed by atoms with E-state index in [-0.39, 0.29) is 0 Å². The van der Waals surface area contributed by atoms with Crippen LogP contribution in [0.4, 0.5) is 0 Å². The van der Waals surface area contributed by atoms with Crippen molar-refractivity contribution in [2.45, 2.75) is 4.90 Å². The van der Waals surface area contributed by atoms with Crippen molar-refractivity contribution < 1.29 is 4.74 Å². The van der Waals surface area contributed by atoms with E-state index in [2.05, 4.69) is 47.0 Å². The van der Waals surface area contributed by atoms with Crippen LogP contribution in [0, 0.1) is 3.57 Å². The maximum absolute atomic E-state index is 5.24. The Morgan fingerprint density at radius 2 is 2.14 bits per heavy atom. The lowest BCUT2D eigenvalue weighted by atomic mass is 10.3. The predicted octanol–water partition coefficient (Wildman–Crippen LogP) is 4.24. The predicted molar refractivity (Wildman–Crippen MR) is 72.9 cm³/mol. The van der Waals surface area contributed by atoms with Crippen LogP contribution >= 0.6 is 45.7 Å². The summed E-state index contributed by atoms with van der Waals surface area (Å²) in [6.07, 6.45) is 2.10. The first-order valence-corrected chi connectivity index (χ1v) is 7.17. The standard InChI is InChI=1S/C10H9IOS2/c1-12-9-4-6-3-7(13-2)5-8(11)10(6)14-9/h3-5H,1-2H3. The van der Waals surface area contributed by atoms with Crippen LogP contribution in [0.1, 0.15) is 0 Å². The normalized spacial score (nSPS) is 10.8. The molecule has 0 aliphatic carbocycles. The number of rotatable bonds is 2. The summed E-state index contributed by atoms with van der Waals surface area (Å²) < 4.78 is 7.86. The van der Waals surface area contributed by atoms with Gasteiger partial charge in [0.05, 0.1) is 11.8 Å². The molecule has 0 saturated heterocycles. The molecule has 0 aliphatic heterocycles. The third-order valence-electron chi connectivity index (χ3n) is 1.96. The Balaban J connectivity index is 2.67. The van der Waals surface area contributed by atoms with Gasteiger partial charge in [0.15, 0.2) is 5.06 Å². The van der Waals surface area contributed by atoms with Gasteiger partial charge in [0.1, 0.15) is 0 Å². The van der Waals surface area contributed by atoms with Crippen LogP contribution in [0.2, 0.25) is 0 Å². The van der Waals surface area contributed by atoms with Gasteiger partial charge < -0.3 is 4.74 Å². The molecule has 1 aromatic carbocycles. The molecule has 0 N–H and O–H groups in total. The SMILES string of the molecule is COc1cc2cc(SC)cc(I)c2s1. The smallest absolute Gasteiger partial charge is 0.174 e. The van der Waals surface area contributed by atoms with Crippen molar-refractivity contribution in [3.05, 3.63) is 21.8 Å². The molecule has 0 amide bonds. The maximum Gasteiger partial charge on any atom is 0.174 e. The van der Waals surface area contributed by atoms with Crippen molar-refractivity contribution in [2.75, 3.05) is 13.4 Å². The lowest BCUT2D eigenvalue weighted by Crippen LogP contribution is -1.74. The van der Waals surface area contributed by atoms with E-state index in [0.29, 0.717) is 0 Å². The number of ether oxygens (including phenoxy) is 1. The molecule has 0 atom stereocenters. The molecule has 0 aliphatic rings. The first-order valence-electron chi connectivity index (χ1n) is 4.05. The van der Waals surface area contributed by atoms with Crippen molar-refractivity contribution in [1.29, 1.82) is 0 Å². The second kappa shape index (κ2) is 4.28. The Hall–Kier alpha value is 0.0600. The monoisotopic (exact) mass is 336 g/mol. The number of hydrogen-bond donors (Lipinski definition) is 0. The zero-order chi connectivity index (χ0) is 10.1. The van der Waals surface area contributed by atoms with Gasteiger partial charge in [0.2, 0.25) is 0 Å². The number of thioether (sulfide) groups is 1. The van der Waals surface area contributed by atoms with E-state index in [1.165, 1.54) is 18.6 Å². The average molecular weight is 336 g/mol. The molecule has 0 radical (unpaired) electrons. The van der Waals surface area contributed by atoms with E-state index in [4.69, 9.17) is 4.74 Å². The van der Waals surface area contributed by atoms with E-state index in [1.54, 1.807) is 30.2 Å². The molecule has 2 aromatic rings. The van der Waals surface area contributed by atoms with Gasteiger partial charge in [-0.25, -0.2) is 0 Å². The van der Waals surface area contributed by atoms with Crippen molar-refractivity contribution in [2.24, 2.45) is 0 Å². The molecule has 0 unspecified atom stereocenters. The van der Waals surface area contributed by atoms with Gasteiger partial charge in [0.25, 0.3) is 0 Å². The van der Waals surface area contributed by atoms with Crippen LogP contribution in [-0.4, -0.2) is 13.4 Å².